The molecule has 1 saturated heterocycles. The van der Waals surface area contributed by atoms with Gasteiger partial charge in [-0.15, -0.1) is 0 Å². The van der Waals surface area contributed by atoms with Gasteiger partial charge in [-0.05, 0) is 24.9 Å². The van der Waals surface area contributed by atoms with Gasteiger partial charge in [0, 0.05) is 19.1 Å². The van der Waals surface area contributed by atoms with Crippen LogP contribution in [0.5, 0.6) is 0 Å². The Morgan fingerprint density at radius 2 is 2.05 bits per heavy atom. The molecule has 1 heterocycles. The molecule has 1 aliphatic rings. The maximum atomic E-state index is 12.4. The van der Waals surface area contributed by atoms with Gasteiger partial charge in [0.1, 0.15) is 0 Å². The van der Waals surface area contributed by atoms with E-state index in [0.29, 0.717) is 13.0 Å². The van der Waals surface area contributed by atoms with Crippen LogP contribution in [0.25, 0.3) is 0 Å². The summed E-state index contributed by atoms with van der Waals surface area (Å²) >= 11 is 0. The zero-order chi connectivity index (χ0) is 13.7. The minimum absolute atomic E-state index is 0.130. The predicted molar refractivity (Wildman–Crippen MR) is 77.6 cm³/mol. The Morgan fingerprint density at radius 3 is 2.63 bits per heavy atom. The fourth-order valence-electron chi connectivity index (χ4n) is 2.58. The molecule has 1 unspecified atom stereocenters. The average molecular weight is 282 g/mol. The Morgan fingerprint density at radius 1 is 1.32 bits per heavy atom. The van der Waals surface area contributed by atoms with Crippen molar-refractivity contribution in [2.75, 3.05) is 25.4 Å². The molecule has 1 atom stereocenters. The van der Waals surface area contributed by atoms with Gasteiger partial charge in [-0.25, -0.2) is 8.42 Å². The molecule has 1 aromatic rings. The van der Waals surface area contributed by atoms with Gasteiger partial charge >= 0.3 is 0 Å². The molecular weight excluding hydrogens is 260 g/mol. The fraction of sp³-hybridized carbons (Fsp3) is 0.571. The number of likely N-dealkylation sites (N-methyl/N-ethyl adjacent to an activating group) is 1. The van der Waals surface area contributed by atoms with Crippen LogP contribution in [0.1, 0.15) is 18.9 Å². The molecule has 0 saturated carbocycles. The van der Waals surface area contributed by atoms with E-state index < -0.39 is 10.0 Å². The summed E-state index contributed by atoms with van der Waals surface area (Å²) < 4.78 is 26.5. The van der Waals surface area contributed by atoms with Crippen LogP contribution < -0.4 is 5.32 Å². The van der Waals surface area contributed by atoms with Crippen molar-refractivity contribution in [1.29, 1.82) is 0 Å². The topological polar surface area (TPSA) is 49.4 Å². The third-order valence-electron chi connectivity index (χ3n) is 3.60. The number of benzene rings is 1. The average Bonchev–Trinajstić information content (AvgIpc) is 2.92. The molecule has 1 aromatic carbocycles. The molecule has 0 radical (unpaired) electrons. The van der Waals surface area contributed by atoms with Gasteiger partial charge in [0.25, 0.3) is 0 Å². The van der Waals surface area contributed by atoms with Crippen LogP contribution >= 0.6 is 0 Å². The summed E-state index contributed by atoms with van der Waals surface area (Å²) in [5.74, 6) is 0.196. The quantitative estimate of drug-likeness (QED) is 0.854. The normalized spacial score (nSPS) is 20.0. The lowest BCUT2D eigenvalue weighted by Crippen LogP contribution is -2.42. The zero-order valence-electron chi connectivity index (χ0n) is 11.4. The summed E-state index contributed by atoms with van der Waals surface area (Å²) in [7, 11) is -3.16. The van der Waals surface area contributed by atoms with Gasteiger partial charge in [0.15, 0.2) is 0 Å². The first-order chi connectivity index (χ1) is 9.13. The maximum absolute atomic E-state index is 12.4. The first kappa shape index (κ1) is 14.5. The summed E-state index contributed by atoms with van der Waals surface area (Å²) in [6, 6.07) is 9.92. The first-order valence-electron chi connectivity index (χ1n) is 6.87. The van der Waals surface area contributed by atoms with Gasteiger partial charge in [0.05, 0.1) is 5.75 Å². The molecule has 5 heteroatoms. The van der Waals surface area contributed by atoms with E-state index in [4.69, 9.17) is 0 Å². The van der Waals surface area contributed by atoms with Crippen LogP contribution in [0, 0.1) is 0 Å². The van der Waals surface area contributed by atoms with Gasteiger partial charge in [-0.1, -0.05) is 37.3 Å². The Balaban J connectivity index is 2.00. The number of aryl methyl sites for hydroxylation is 1. The second-order valence-corrected chi connectivity index (χ2v) is 6.94. The summed E-state index contributed by atoms with van der Waals surface area (Å²) in [5.41, 5.74) is 1.08. The van der Waals surface area contributed by atoms with Crippen molar-refractivity contribution in [3.8, 4) is 0 Å². The van der Waals surface area contributed by atoms with Crippen molar-refractivity contribution in [2.45, 2.75) is 25.8 Å². The van der Waals surface area contributed by atoms with Crippen molar-refractivity contribution < 1.29 is 8.42 Å². The number of nitrogens with zero attached hydrogens (tertiary/aromatic N) is 1. The van der Waals surface area contributed by atoms with Crippen LogP contribution in [-0.2, 0) is 16.4 Å². The van der Waals surface area contributed by atoms with Crippen LogP contribution in [0.2, 0.25) is 0 Å². The fourth-order valence-corrected chi connectivity index (χ4v) is 4.33. The van der Waals surface area contributed by atoms with E-state index in [1.54, 1.807) is 4.31 Å². The van der Waals surface area contributed by atoms with E-state index in [1.165, 1.54) is 0 Å². The highest BCUT2D eigenvalue weighted by Crippen LogP contribution is 2.15. The molecule has 2 rings (SSSR count). The third kappa shape index (κ3) is 3.78. The van der Waals surface area contributed by atoms with Gasteiger partial charge < -0.3 is 5.32 Å². The molecule has 0 spiro atoms. The highest BCUT2D eigenvalue weighted by Gasteiger charge is 2.30. The second kappa shape index (κ2) is 6.50. The van der Waals surface area contributed by atoms with E-state index in [2.05, 4.69) is 5.32 Å². The lowest BCUT2D eigenvalue weighted by atomic mass is 10.2. The molecule has 1 fully saturated rings. The van der Waals surface area contributed by atoms with Crippen LogP contribution in [0.3, 0.4) is 0 Å². The van der Waals surface area contributed by atoms with Crippen molar-refractivity contribution in [3.05, 3.63) is 35.9 Å². The monoisotopic (exact) mass is 282 g/mol. The smallest absolute Gasteiger partial charge is 0.214 e. The van der Waals surface area contributed by atoms with Crippen molar-refractivity contribution >= 4 is 10.0 Å². The second-order valence-electron chi connectivity index (χ2n) is 4.90. The standard InChI is InChI=1S/C14H22N2O2S/c1-2-16(14-8-10-15-12-14)19(17,18)11-9-13-6-4-3-5-7-13/h3-7,14-15H,2,8-12H2,1H3. The molecule has 19 heavy (non-hydrogen) atoms. The molecule has 0 aromatic heterocycles. The Hall–Kier alpha value is -0.910. The number of sulfonamides is 1. The van der Waals surface area contributed by atoms with E-state index >= 15 is 0 Å². The molecular formula is C14H22N2O2S. The summed E-state index contributed by atoms with van der Waals surface area (Å²) in [6.07, 6.45) is 1.50. The van der Waals surface area contributed by atoms with Crippen molar-refractivity contribution in [1.82, 2.24) is 9.62 Å². The van der Waals surface area contributed by atoms with E-state index in [9.17, 15) is 8.42 Å². The maximum Gasteiger partial charge on any atom is 0.214 e. The van der Waals surface area contributed by atoms with Gasteiger partial charge in [-0.3, -0.25) is 0 Å². The van der Waals surface area contributed by atoms with E-state index in [0.717, 1.165) is 25.1 Å². The van der Waals surface area contributed by atoms with Crippen molar-refractivity contribution in [3.63, 3.8) is 0 Å². The molecule has 1 aliphatic heterocycles. The summed E-state index contributed by atoms with van der Waals surface area (Å²) in [5, 5.41) is 3.23. The minimum Gasteiger partial charge on any atom is -0.315 e. The number of hydrogen-bond acceptors (Lipinski definition) is 3. The number of nitrogens with one attached hydrogen (secondary N) is 1. The van der Waals surface area contributed by atoms with Crippen LogP contribution in [-0.4, -0.2) is 44.2 Å². The SMILES string of the molecule is CCN(C1CCNC1)S(=O)(=O)CCc1ccccc1. The number of rotatable bonds is 6. The Labute approximate surface area is 115 Å². The molecule has 0 bridgehead atoms. The Kier molecular flexibility index (Phi) is 4.96. The highest BCUT2D eigenvalue weighted by molar-refractivity contribution is 7.89. The predicted octanol–water partition coefficient (Wildman–Crippen LogP) is 1.24. The lowest BCUT2D eigenvalue weighted by molar-refractivity contribution is 0.349. The van der Waals surface area contributed by atoms with Crippen molar-refractivity contribution in [2.24, 2.45) is 0 Å². The zero-order valence-corrected chi connectivity index (χ0v) is 12.2. The molecule has 0 amide bonds. The summed E-state index contributed by atoms with van der Waals surface area (Å²) in [6.45, 7) is 4.16. The third-order valence-corrected chi connectivity index (χ3v) is 5.59. The van der Waals surface area contributed by atoms with Crippen LogP contribution in [0.15, 0.2) is 30.3 Å². The lowest BCUT2D eigenvalue weighted by Gasteiger charge is -2.26. The largest absolute Gasteiger partial charge is 0.315 e. The number of hydrogen-bond donors (Lipinski definition) is 1. The van der Waals surface area contributed by atoms with E-state index in [-0.39, 0.29) is 11.8 Å². The van der Waals surface area contributed by atoms with Gasteiger partial charge in [0.2, 0.25) is 10.0 Å². The van der Waals surface area contributed by atoms with E-state index in [1.807, 2.05) is 37.3 Å². The first-order valence-corrected chi connectivity index (χ1v) is 8.48. The molecule has 4 nitrogen and oxygen atoms in total. The Bertz CT molecular complexity index is 481. The van der Waals surface area contributed by atoms with Crippen LogP contribution in [0.4, 0.5) is 0 Å². The minimum atomic E-state index is -3.16. The molecule has 1 N–H and O–H groups in total. The summed E-state index contributed by atoms with van der Waals surface area (Å²) in [4.78, 5) is 0. The highest BCUT2D eigenvalue weighted by atomic mass is 32.2. The molecule has 106 valence electrons. The molecule has 0 aliphatic carbocycles. The van der Waals surface area contributed by atoms with Gasteiger partial charge in [-0.2, -0.15) is 4.31 Å².